The van der Waals surface area contributed by atoms with Gasteiger partial charge in [0.15, 0.2) is 0 Å². The minimum absolute atomic E-state index is 0.0479. The average Bonchev–Trinajstić information content (AvgIpc) is 2.43. The Hall–Kier alpha value is -1.80. The summed E-state index contributed by atoms with van der Waals surface area (Å²) in [6.07, 6.45) is 0.884. The third-order valence-corrected chi connectivity index (χ3v) is 3.78. The molecule has 0 aliphatic rings. The van der Waals surface area contributed by atoms with Gasteiger partial charge >= 0.3 is 0 Å². The number of anilines is 1. The van der Waals surface area contributed by atoms with Crippen LogP contribution in [0.1, 0.15) is 28.3 Å². The van der Waals surface area contributed by atoms with Crippen LogP contribution in [-0.4, -0.2) is 14.1 Å². The van der Waals surface area contributed by atoms with E-state index in [2.05, 4.69) is 61.2 Å². The number of aryl methyl sites for hydroxylation is 2. The highest BCUT2D eigenvalue weighted by atomic mass is 15.1. The molecule has 2 N–H and O–H groups in total. The fraction of sp³-hybridized carbons (Fsp3) is 0.333. The monoisotopic (exact) mass is 268 g/mol. The summed E-state index contributed by atoms with van der Waals surface area (Å²) in [5.41, 5.74) is 12.7. The maximum absolute atomic E-state index is 6.36. The molecular formula is C18H24N2. The number of nitrogens with two attached hydrogens (primary N) is 1. The molecule has 0 aliphatic heterocycles. The highest BCUT2D eigenvalue weighted by Crippen LogP contribution is 2.21. The summed E-state index contributed by atoms with van der Waals surface area (Å²) in [5.74, 6) is 0. The van der Waals surface area contributed by atoms with Gasteiger partial charge in [-0.2, -0.15) is 0 Å². The summed E-state index contributed by atoms with van der Waals surface area (Å²) in [4.78, 5) is 2.10. The smallest absolute Gasteiger partial charge is 0.0361 e. The van der Waals surface area contributed by atoms with Gasteiger partial charge in [-0.3, -0.25) is 0 Å². The topological polar surface area (TPSA) is 29.3 Å². The Bertz CT molecular complexity index is 570. The van der Waals surface area contributed by atoms with Gasteiger partial charge in [-0.05, 0) is 49.1 Å². The number of benzene rings is 2. The largest absolute Gasteiger partial charge is 0.378 e. The normalized spacial score (nSPS) is 12.2. The van der Waals surface area contributed by atoms with Crippen LogP contribution in [0.5, 0.6) is 0 Å². The predicted octanol–water partition coefficient (Wildman–Crippen LogP) is 3.61. The lowest BCUT2D eigenvalue weighted by Crippen LogP contribution is -2.15. The van der Waals surface area contributed by atoms with E-state index >= 15 is 0 Å². The molecule has 0 bridgehead atoms. The minimum Gasteiger partial charge on any atom is -0.378 e. The standard InChI is InChI=1S/C18H24N2/c1-13-5-6-14(2)16(11-13)12-18(19)15-7-9-17(10-8-15)20(3)4/h5-11,18H,12,19H2,1-4H3. The van der Waals surface area contributed by atoms with E-state index in [-0.39, 0.29) is 6.04 Å². The van der Waals surface area contributed by atoms with E-state index in [1.807, 2.05) is 14.1 Å². The number of rotatable bonds is 4. The molecule has 0 amide bonds. The van der Waals surface area contributed by atoms with Gasteiger partial charge in [0.05, 0.1) is 0 Å². The van der Waals surface area contributed by atoms with Crippen molar-refractivity contribution in [2.75, 3.05) is 19.0 Å². The highest BCUT2D eigenvalue weighted by Gasteiger charge is 2.09. The van der Waals surface area contributed by atoms with Crippen LogP contribution >= 0.6 is 0 Å². The zero-order valence-electron chi connectivity index (χ0n) is 12.9. The second kappa shape index (κ2) is 6.10. The number of hydrogen-bond donors (Lipinski definition) is 1. The second-order valence-electron chi connectivity index (χ2n) is 5.73. The molecule has 0 saturated heterocycles. The molecule has 2 nitrogen and oxygen atoms in total. The summed E-state index contributed by atoms with van der Waals surface area (Å²) < 4.78 is 0. The van der Waals surface area contributed by atoms with Crippen molar-refractivity contribution in [2.45, 2.75) is 26.3 Å². The Labute approximate surface area is 122 Å². The molecule has 0 aromatic heterocycles. The van der Waals surface area contributed by atoms with Crippen LogP contribution in [0.25, 0.3) is 0 Å². The lowest BCUT2D eigenvalue weighted by atomic mass is 9.95. The molecule has 2 aromatic carbocycles. The quantitative estimate of drug-likeness (QED) is 0.917. The number of hydrogen-bond acceptors (Lipinski definition) is 2. The molecule has 0 radical (unpaired) electrons. The highest BCUT2D eigenvalue weighted by molar-refractivity contribution is 5.46. The second-order valence-corrected chi connectivity index (χ2v) is 5.73. The molecule has 0 spiro atoms. The summed E-state index contributed by atoms with van der Waals surface area (Å²) in [5, 5.41) is 0. The van der Waals surface area contributed by atoms with E-state index in [9.17, 15) is 0 Å². The minimum atomic E-state index is 0.0479. The fourth-order valence-electron chi connectivity index (χ4n) is 2.39. The van der Waals surface area contributed by atoms with Gasteiger partial charge in [0, 0.05) is 25.8 Å². The van der Waals surface area contributed by atoms with E-state index in [0.29, 0.717) is 0 Å². The molecule has 0 fully saturated rings. The van der Waals surface area contributed by atoms with Crippen molar-refractivity contribution in [3.63, 3.8) is 0 Å². The molecule has 106 valence electrons. The maximum atomic E-state index is 6.36. The van der Waals surface area contributed by atoms with Crippen molar-refractivity contribution in [3.8, 4) is 0 Å². The van der Waals surface area contributed by atoms with E-state index in [0.717, 1.165) is 6.42 Å². The number of nitrogens with zero attached hydrogens (tertiary/aromatic N) is 1. The molecule has 0 heterocycles. The van der Waals surface area contributed by atoms with Crippen molar-refractivity contribution >= 4 is 5.69 Å². The summed E-state index contributed by atoms with van der Waals surface area (Å²) in [7, 11) is 4.09. The van der Waals surface area contributed by atoms with E-state index < -0.39 is 0 Å². The first kappa shape index (κ1) is 14.6. The first-order valence-electron chi connectivity index (χ1n) is 7.06. The molecule has 2 rings (SSSR count). The molecule has 2 heteroatoms. The van der Waals surface area contributed by atoms with Gasteiger partial charge in [0.2, 0.25) is 0 Å². The summed E-state index contributed by atoms with van der Waals surface area (Å²) in [6, 6.07) is 15.1. The third-order valence-electron chi connectivity index (χ3n) is 3.78. The SMILES string of the molecule is Cc1ccc(C)c(CC(N)c2ccc(N(C)C)cc2)c1. The van der Waals surface area contributed by atoms with E-state index in [1.165, 1.54) is 27.9 Å². The van der Waals surface area contributed by atoms with Crippen LogP contribution in [0.4, 0.5) is 5.69 Å². The Balaban J connectivity index is 2.15. The summed E-state index contributed by atoms with van der Waals surface area (Å²) in [6.45, 7) is 4.27. The molecule has 20 heavy (non-hydrogen) atoms. The molecule has 1 atom stereocenters. The van der Waals surface area contributed by atoms with E-state index in [1.54, 1.807) is 0 Å². The van der Waals surface area contributed by atoms with Crippen molar-refractivity contribution in [3.05, 3.63) is 64.7 Å². The summed E-state index contributed by atoms with van der Waals surface area (Å²) >= 11 is 0. The van der Waals surface area contributed by atoms with Crippen molar-refractivity contribution < 1.29 is 0 Å². The fourth-order valence-corrected chi connectivity index (χ4v) is 2.39. The lowest BCUT2D eigenvalue weighted by molar-refractivity contribution is 0.718. The lowest BCUT2D eigenvalue weighted by Gasteiger charge is -2.17. The molecular weight excluding hydrogens is 244 g/mol. The van der Waals surface area contributed by atoms with Crippen LogP contribution in [0, 0.1) is 13.8 Å². The van der Waals surface area contributed by atoms with Crippen LogP contribution in [0.3, 0.4) is 0 Å². The van der Waals surface area contributed by atoms with E-state index in [4.69, 9.17) is 5.73 Å². The van der Waals surface area contributed by atoms with Crippen LogP contribution in [0.2, 0.25) is 0 Å². The van der Waals surface area contributed by atoms with Crippen LogP contribution < -0.4 is 10.6 Å². The van der Waals surface area contributed by atoms with Gasteiger partial charge in [0.25, 0.3) is 0 Å². The first-order valence-corrected chi connectivity index (χ1v) is 7.06. The Morgan fingerprint density at radius 1 is 1.00 bits per heavy atom. The third kappa shape index (κ3) is 3.40. The van der Waals surface area contributed by atoms with Gasteiger partial charge < -0.3 is 10.6 Å². The van der Waals surface area contributed by atoms with Gasteiger partial charge in [0.1, 0.15) is 0 Å². The Morgan fingerprint density at radius 2 is 1.65 bits per heavy atom. The van der Waals surface area contributed by atoms with Gasteiger partial charge in [-0.1, -0.05) is 35.9 Å². The van der Waals surface area contributed by atoms with Gasteiger partial charge in [-0.25, -0.2) is 0 Å². The zero-order chi connectivity index (χ0) is 14.7. The molecule has 2 aromatic rings. The Morgan fingerprint density at radius 3 is 2.25 bits per heavy atom. The molecule has 0 aliphatic carbocycles. The predicted molar refractivity (Wildman–Crippen MR) is 87.3 cm³/mol. The van der Waals surface area contributed by atoms with Crippen LogP contribution in [0.15, 0.2) is 42.5 Å². The van der Waals surface area contributed by atoms with Gasteiger partial charge in [-0.15, -0.1) is 0 Å². The maximum Gasteiger partial charge on any atom is 0.0361 e. The van der Waals surface area contributed by atoms with Crippen molar-refractivity contribution in [1.29, 1.82) is 0 Å². The zero-order valence-corrected chi connectivity index (χ0v) is 12.9. The molecule has 1 unspecified atom stereocenters. The average molecular weight is 268 g/mol. The molecule has 0 saturated carbocycles. The van der Waals surface area contributed by atoms with Crippen molar-refractivity contribution in [1.82, 2.24) is 0 Å². The Kier molecular flexibility index (Phi) is 4.46. The van der Waals surface area contributed by atoms with Crippen LogP contribution in [-0.2, 0) is 6.42 Å². The van der Waals surface area contributed by atoms with Crippen molar-refractivity contribution in [2.24, 2.45) is 5.73 Å². The first-order chi connectivity index (χ1) is 9.47.